The van der Waals surface area contributed by atoms with E-state index in [1.54, 1.807) is 18.2 Å². The second kappa shape index (κ2) is 6.11. The van der Waals surface area contributed by atoms with Crippen LogP contribution in [-0.2, 0) is 4.79 Å². The Morgan fingerprint density at radius 2 is 2.31 bits per heavy atom. The van der Waals surface area contributed by atoms with Gasteiger partial charge in [-0.3, -0.25) is 0 Å². The Morgan fingerprint density at radius 1 is 1.62 bits per heavy atom. The van der Waals surface area contributed by atoms with Gasteiger partial charge in [-0.25, -0.2) is 4.79 Å². The van der Waals surface area contributed by atoms with E-state index in [1.807, 2.05) is 6.92 Å². The number of carbonyl (C=O) groups is 1. The molecular formula is C11H13BrClNO2. The molecule has 0 aliphatic rings. The zero-order chi connectivity index (χ0) is 12.1. The van der Waals surface area contributed by atoms with Crippen LogP contribution in [0.15, 0.2) is 22.7 Å². The Hall–Kier alpha value is -0.740. The highest BCUT2D eigenvalue weighted by Gasteiger charge is 2.15. The molecule has 0 amide bonds. The zero-order valence-corrected chi connectivity index (χ0v) is 11.2. The molecule has 0 aromatic heterocycles. The highest BCUT2D eigenvalue weighted by molar-refractivity contribution is 9.10. The molecule has 1 aromatic carbocycles. The Balaban J connectivity index is 2.77. The number of carboxylic acids is 1. The smallest absolute Gasteiger partial charge is 0.326 e. The molecule has 16 heavy (non-hydrogen) atoms. The minimum atomic E-state index is -0.840. The second-order valence-electron chi connectivity index (χ2n) is 3.45. The van der Waals surface area contributed by atoms with Crippen molar-refractivity contribution in [2.75, 3.05) is 5.32 Å². The number of hydrogen-bond donors (Lipinski definition) is 2. The molecule has 0 aliphatic heterocycles. The van der Waals surface area contributed by atoms with Crippen LogP contribution in [0, 0.1) is 0 Å². The molecule has 0 bridgehead atoms. The van der Waals surface area contributed by atoms with E-state index in [0.29, 0.717) is 11.4 Å². The predicted octanol–water partition coefficient (Wildman–Crippen LogP) is 3.77. The van der Waals surface area contributed by atoms with Crippen LogP contribution in [0.5, 0.6) is 0 Å². The Kier molecular flexibility index (Phi) is 5.09. The summed E-state index contributed by atoms with van der Waals surface area (Å²) in [5.41, 5.74) is 0.747. The molecule has 2 N–H and O–H groups in total. The molecule has 0 spiro atoms. The summed E-state index contributed by atoms with van der Waals surface area (Å²) < 4.78 is 0.750. The van der Waals surface area contributed by atoms with Crippen molar-refractivity contribution in [2.24, 2.45) is 0 Å². The summed E-state index contributed by atoms with van der Waals surface area (Å²) in [6, 6.07) is 4.70. The second-order valence-corrected chi connectivity index (χ2v) is 4.71. The Morgan fingerprint density at radius 3 is 2.81 bits per heavy atom. The minimum absolute atomic E-state index is 0.557. The monoisotopic (exact) mass is 305 g/mol. The van der Waals surface area contributed by atoms with Crippen LogP contribution < -0.4 is 5.32 Å². The van der Waals surface area contributed by atoms with E-state index < -0.39 is 12.0 Å². The fourth-order valence-corrected chi connectivity index (χ4v) is 1.83. The molecule has 3 nitrogen and oxygen atoms in total. The van der Waals surface area contributed by atoms with Crippen molar-refractivity contribution in [1.82, 2.24) is 0 Å². The van der Waals surface area contributed by atoms with Crippen molar-refractivity contribution >= 4 is 39.2 Å². The van der Waals surface area contributed by atoms with E-state index in [2.05, 4.69) is 21.2 Å². The van der Waals surface area contributed by atoms with Gasteiger partial charge in [0.2, 0.25) is 0 Å². The summed E-state index contributed by atoms with van der Waals surface area (Å²) in [6.07, 6.45) is 1.41. The third-order valence-electron chi connectivity index (χ3n) is 2.14. The molecule has 1 rings (SSSR count). The van der Waals surface area contributed by atoms with E-state index in [0.717, 1.165) is 16.6 Å². The molecule has 5 heteroatoms. The van der Waals surface area contributed by atoms with Crippen molar-refractivity contribution in [3.8, 4) is 0 Å². The number of aliphatic carboxylic acids is 1. The normalized spacial score (nSPS) is 12.2. The molecule has 0 heterocycles. The van der Waals surface area contributed by atoms with Gasteiger partial charge in [0, 0.05) is 10.2 Å². The summed E-state index contributed by atoms with van der Waals surface area (Å²) in [5, 5.41) is 12.6. The summed E-state index contributed by atoms with van der Waals surface area (Å²) in [6.45, 7) is 1.95. The van der Waals surface area contributed by atoms with Gasteiger partial charge >= 0.3 is 5.97 Å². The van der Waals surface area contributed by atoms with Crippen LogP contribution in [-0.4, -0.2) is 17.1 Å². The predicted molar refractivity (Wildman–Crippen MR) is 69.1 cm³/mol. The molecule has 0 saturated carbocycles. The van der Waals surface area contributed by atoms with E-state index in [-0.39, 0.29) is 0 Å². The first kappa shape index (κ1) is 13.3. The third kappa shape index (κ3) is 3.68. The van der Waals surface area contributed by atoms with E-state index in [4.69, 9.17) is 16.7 Å². The third-order valence-corrected chi connectivity index (χ3v) is 3.35. The maximum absolute atomic E-state index is 10.9. The first-order valence-corrected chi connectivity index (χ1v) is 6.16. The number of carboxylic acid groups (broad SMARTS) is 1. The lowest BCUT2D eigenvalue weighted by molar-refractivity contribution is -0.138. The Bertz CT molecular complexity index is 384. The van der Waals surface area contributed by atoms with Gasteiger partial charge in [0.15, 0.2) is 0 Å². The molecule has 1 aromatic rings. The summed E-state index contributed by atoms with van der Waals surface area (Å²) in [4.78, 5) is 10.9. The van der Waals surface area contributed by atoms with E-state index in [9.17, 15) is 4.79 Å². The quantitative estimate of drug-likeness (QED) is 0.870. The average Bonchev–Trinajstić information content (AvgIpc) is 2.22. The topological polar surface area (TPSA) is 49.3 Å². The fraction of sp³-hybridized carbons (Fsp3) is 0.364. The molecule has 88 valence electrons. The fourth-order valence-electron chi connectivity index (χ4n) is 1.33. The van der Waals surface area contributed by atoms with Crippen molar-refractivity contribution in [3.63, 3.8) is 0 Å². The van der Waals surface area contributed by atoms with Crippen molar-refractivity contribution in [3.05, 3.63) is 27.7 Å². The molecular weight excluding hydrogens is 293 g/mol. The first-order valence-electron chi connectivity index (χ1n) is 4.99. The maximum atomic E-state index is 10.9. The lowest BCUT2D eigenvalue weighted by Gasteiger charge is -2.15. The van der Waals surface area contributed by atoms with Gasteiger partial charge in [-0.15, -0.1) is 0 Å². The SMILES string of the molecule is CCCC(Nc1ccc(Cl)c(Br)c1)C(=O)O. The van der Waals surface area contributed by atoms with Gasteiger partial charge in [-0.05, 0) is 40.5 Å². The van der Waals surface area contributed by atoms with Crippen LogP contribution in [0.25, 0.3) is 0 Å². The number of anilines is 1. The van der Waals surface area contributed by atoms with E-state index >= 15 is 0 Å². The summed E-state index contributed by atoms with van der Waals surface area (Å²) >= 11 is 9.14. The number of benzene rings is 1. The van der Waals surface area contributed by atoms with Gasteiger partial charge in [0.1, 0.15) is 6.04 Å². The van der Waals surface area contributed by atoms with Crippen LogP contribution in [0.4, 0.5) is 5.69 Å². The van der Waals surface area contributed by atoms with Crippen LogP contribution in [0.1, 0.15) is 19.8 Å². The number of rotatable bonds is 5. The van der Waals surface area contributed by atoms with Gasteiger partial charge in [0.25, 0.3) is 0 Å². The molecule has 0 saturated heterocycles. The van der Waals surface area contributed by atoms with Crippen molar-refractivity contribution < 1.29 is 9.90 Å². The number of hydrogen-bond acceptors (Lipinski definition) is 2. The highest BCUT2D eigenvalue weighted by atomic mass is 79.9. The lowest BCUT2D eigenvalue weighted by atomic mass is 10.1. The number of nitrogens with one attached hydrogen (secondary N) is 1. The maximum Gasteiger partial charge on any atom is 0.326 e. The Labute approximate surface area is 108 Å². The van der Waals surface area contributed by atoms with Gasteiger partial charge in [-0.2, -0.15) is 0 Å². The number of halogens is 2. The largest absolute Gasteiger partial charge is 0.480 e. The molecule has 1 atom stereocenters. The van der Waals surface area contributed by atoms with Crippen molar-refractivity contribution in [2.45, 2.75) is 25.8 Å². The molecule has 0 radical (unpaired) electrons. The highest BCUT2D eigenvalue weighted by Crippen LogP contribution is 2.26. The minimum Gasteiger partial charge on any atom is -0.480 e. The lowest BCUT2D eigenvalue weighted by Crippen LogP contribution is -2.28. The van der Waals surface area contributed by atoms with Crippen LogP contribution >= 0.6 is 27.5 Å². The summed E-state index contributed by atoms with van der Waals surface area (Å²) in [7, 11) is 0. The first-order chi connectivity index (χ1) is 7.54. The van der Waals surface area contributed by atoms with Crippen LogP contribution in [0.3, 0.4) is 0 Å². The van der Waals surface area contributed by atoms with Gasteiger partial charge in [0.05, 0.1) is 5.02 Å². The summed E-state index contributed by atoms with van der Waals surface area (Å²) in [5.74, 6) is -0.840. The standard InChI is InChI=1S/C11H13BrClNO2/c1-2-3-10(11(15)16)14-7-4-5-9(13)8(12)6-7/h4-6,10,14H,2-3H2,1H3,(H,15,16). The molecule has 0 aliphatic carbocycles. The van der Waals surface area contributed by atoms with E-state index in [1.165, 1.54) is 0 Å². The van der Waals surface area contributed by atoms with Gasteiger partial charge in [-0.1, -0.05) is 24.9 Å². The molecule has 1 unspecified atom stereocenters. The zero-order valence-electron chi connectivity index (χ0n) is 8.84. The van der Waals surface area contributed by atoms with Gasteiger partial charge < -0.3 is 10.4 Å². The van der Waals surface area contributed by atoms with Crippen molar-refractivity contribution in [1.29, 1.82) is 0 Å². The van der Waals surface area contributed by atoms with Crippen LogP contribution in [0.2, 0.25) is 5.02 Å². The molecule has 0 fully saturated rings. The average molecular weight is 307 g/mol.